The summed E-state index contributed by atoms with van der Waals surface area (Å²) in [5.74, 6) is 0.00756. The van der Waals surface area contributed by atoms with Crippen molar-refractivity contribution in [3.8, 4) is 11.5 Å². The Hall–Kier alpha value is -3.55. The molecular weight excluding hydrogens is 336 g/mol. The van der Waals surface area contributed by atoms with Crippen LogP contribution in [-0.2, 0) is 0 Å². The molecule has 134 valence electrons. The molecule has 0 atom stereocenters. The van der Waals surface area contributed by atoms with Gasteiger partial charge in [-0.05, 0) is 24.3 Å². The second-order valence-corrected chi connectivity index (χ2v) is 5.40. The number of nitrogens with one attached hydrogen (secondary N) is 2. The minimum Gasteiger partial charge on any atom is -0.493 e. The molecule has 3 rings (SSSR count). The van der Waals surface area contributed by atoms with E-state index in [0.29, 0.717) is 34.0 Å². The number of hydrogen-bond acceptors (Lipinski definition) is 5. The Morgan fingerprint density at radius 2 is 1.85 bits per heavy atom. The largest absolute Gasteiger partial charge is 0.493 e. The van der Waals surface area contributed by atoms with Crippen LogP contribution in [-0.4, -0.2) is 42.5 Å². The maximum atomic E-state index is 12.7. The van der Waals surface area contributed by atoms with E-state index in [1.165, 1.54) is 27.3 Å². The Morgan fingerprint density at radius 1 is 1.04 bits per heavy atom. The van der Waals surface area contributed by atoms with Gasteiger partial charge >= 0.3 is 0 Å². The molecule has 8 nitrogen and oxygen atoms in total. The SMILES string of the molecule is CNC(=O)c1cc(NC(=O)c2ccn3ccnc3c2)c(OC)c(OC)c1. The molecule has 0 unspecified atom stereocenters. The van der Waals surface area contributed by atoms with Gasteiger partial charge in [-0.15, -0.1) is 0 Å². The van der Waals surface area contributed by atoms with Crippen molar-refractivity contribution in [3.05, 3.63) is 54.0 Å². The molecular formula is C18H18N4O4. The Bertz CT molecular complexity index is 980. The van der Waals surface area contributed by atoms with Crippen LogP contribution in [0.25, 0.3) is 5.65 Å². The molecule has 8 heteroatoms. The van der Waals surface area contributed by atoms with E-state index in [1.54, 1.807) is 41.2 Å². The fourth-order valence-electron chi connectivity index (χ4n) is 2.58. The van der Waals surface area contributed by atoms with Crippen LogP contribution in [0.5, 0.6) is 11.5 Å². The van der Waals surface area contributed by atoms with Crippen molar-refractivity contribution >= 4 is 23.1 Å². The van der Waals surface area contributed by atoms with Crippen molar-refractivity contribution in [3.63, 3.8) is 0 Å². The lowest BCUT2D eigenvalue weighted by atomic mass is 10.1. The van der Waals surface area contributed by atoms with Gasteiger partial charge in [0.2, 0.25) is 0 Å². The predicted molar refractivity (Wildman–Crippen MR) is 96.1 cm³/mol. The lowest BCUT2D eigenvalue weighted by Gasteiger charge is -2.15. The number of rotatable bonds is 5. The van der Waals surface area contributed by atoms with Crippen LogP contribution in [0, 0.1) is 0 Å². The molecule has 1 aromatic carbocycles. The summed E-state index contributed by atoms with van der Waals surface area (Å²) in [6.45, 7) is 0. The molecule has 2 N–H and O–H groups in total. The van der Waals surface area contributed by atoms with Crippen molar-refractivity contribution in [2.45, 2.75) is 0 Å². The average molecular weight is 354 g/mol. The van der Waals surface area contributed by atoms with Crippen LogP contribution in [0.2, 0.25) is 0 Å². The highest BCUT2D eigenvalue weighted by Crippen LogP contribution is 2.36. The van der Waals surface area contributed by atoms with Crippen molar-refractivity contribution in [1.82, 2.24) is 14.7 Å². The summed E-state index contributed by atoms with van der Waals surface area (Å²) in [5.41, 5.74) is 1.75. The summed E-state index contributed by atoms with van der Waals surface area (Å²) in [6.07, 6.45) is 5.19. The molecule has 2 amide bonds. The third-order valence-electron chi connectivity index (χ3n) is 3.88. The van der Waals surface area contributed by atoms with Crippen molar-refractivity contribution in [2.24, 2.45) is 0 Å². The molecule has 3 aromatic rings. The standard InChI is InChI=1S/C18H18N4O4/c1-19-17(23)12-8-13(16(26-3)14(9-12)25-2)21-18(24)11-4-6-22-7-5-20-15(22)10-11/h4-10H,1-3H3,(H,19,23)(H,21,24). The highest BCUT2D eigenvalue weighted by atomic mass is 16.5. The van der Waals surface area contributed by atoms with Crippen molar-refractivity contribution < 1.29 is 19.1 Å². The number of aromatic nitrogens is 2. The molecule has 0 spiro atoms. The lowest BCUT2D eigenvalue weighted by molar-refractivity contribution is 0.0961. The van der Waals surface area contributed by atoms with E-state index in [1.807, 2.05) is 0 Å². The molecule has 26 heavy (non-hydrogen) atoms. The van der Waals surface area contributed by atoms with Gasteiger partial charge in [-0.25, -0.2) is 4.98 Å². The number of carbonyl (C=O) groups excluding carboxylic acids is 2. The lowest BCUT2D eigenvalue weighted by Crippen LogP contribution is -2.19. The zero-order valence-electron chi connectivity index (χ0n) is 14.6. The van der Waals surface area contributed by atoms with E-state index < -0.39 is 0 Å². The molecule has 0 aliphatic rings. The average Bonchev–Trinajstić information content (AvgIpc) is 3.14. The van der Waals surface area contributed by atoms with Gasteiger partial charge in [-0.1, -0.05) is 0 Å². The van der Waals surface area contributed by atoms with E-state index in [9.17, 15) is 9.59 Å². The summed E-state index contributed by atoms with van der Waals surface area (Å²) < 4.78 is 12.4. The first-order chi connectivity index (χ1) is 12.6. The fourth-order valence-corrected chi connectivity index (χ4v) is 2.58. The van der Waals surface area contributed by atoms with E-state index in [0.717, 1.165) is 0 Å². The molecule has 0 fully saturated rings. The first-order valence-corrected chi connectivity index (χ1v) is 7.79. The number of hydrogen-bond donors (Lipinski definition) is 2. The maximum absolute atomic E-state index is 12.7. The summed E-state index contributed by atoms with van der Waals surface area (Å²) in [5, 5.41) is 5.31. The second kappa shape index (κ2) is 7.14. The smallest absolute Gasteiger partial charge is 0.255 e. The van der Waals surface area contributed by atoms with Gasteiger partial charge in [0.1, 0.15) is 5.65 Å². The summed E-state index contributed by atoms with van der Waals surface area (Å²) >= 11 is 0. The van der Waals surface area contributed by atoms with Crippen LogP contribution >= 0.6 is 0 Å². The highest BCUT2D eigenvalue weighted by molar-refractivity contribution is 6.07. The van der Waals surface area contributed by atoms with Crippen LogP contribution in [0.4, 0.5) is 5.69 Å². The zero-order valence-corrected chi connectivity index (χ0v) is 14.6. The van der Waals surface area contributed by atoms with Crippen LogP contribution < -0.4 is 20.1 Å². The number of benzene rings is 1. The number of imidazole rings is 1. The second-order valence-electron chi connectivity index (χ2n) is 5.40. The fraction of sp³-hybridized carbons (Fsp3) is 0.167. The molecule has 0 saturated carbocycles. The number of ether oxygens (including phenoxy) is 2. The predicted octanol–water partition coefficient (Wildman–Crippen LogP) is 1.96. The van der Waals surface area contributed by atoms with Gasteiger partial charge < -0.3 is 24.5 Å². The summed E-state index contributed by atoms with van der Waals surface area (Å²) in [6, 6.07) is 6.42. The minimum absolute atomic E-state index is 0.305. The van der Waals surface area contributed by atoms with Gasteiger partial charge in [0.15, 0.2) is 11.5 Å². The highest BCUT2D eigenvalue weighted by Gasteiger charge is 2.18. The van der Waals surface area contributed by atoms with Crippen LogP contribution in [0.15, 0.2) is 42.9 Å². The van der Waals surface area contributed by atoms with E-state index in [2.05, 4.69) is 15.6 Å². The van der Waals surface area contributed by atoms with Crippen molar-refractivity contribution in [2.75, 3.05) is 26.6 Å². The number of fused-ring (bicyclic) bond motifs is 1. The number of carbonyl (C=O) groups is 2. The molecule has 2 aromatic heterocycles. The van der Waals surface area contributed by atoms with Crippen LogP contribution in [0.3, 0.4) is 0 Å². The Labute approximate surface area is 149 Å². The molecule has 2 heterocycles. The first kappa shape index (κ1) is 17.3. The van der Waals surface area contributed by atoms with Gasteiger partial charge in [-0.2, -0.15) is 0 Å². The summed E-state index contributed by atoms with van der Waals surface area (Å²) in [4.78, 5) is 28.8. The first-order valence-electron chi connectivity index (χ1n) is 7.79. The van der Waals surface area contributed by atoms with Crippen LogP contribution in [0.1, 0.15) is 20.7 Å². The summed E-state index contributed by atoms with van der Waals surface area (Å²) in [7, 11) is 4.45. The number of pyridine rings is 1. The Kier molecular flexibility index (Phi) is 4.74. The topological polar surface area (TPSA) is 94.0 Å². The van der Waals surface area contributed by atoms with E-state index >= 15 is 0 Å². The number of anilines is 1. The third-order valence-corrected chi connectivity index (χ3v) is 3.88. The van der Waals surface area contributed by atoms with Gasteiger partial charge in [0, 0.05) is 36.8 Å². The zero-order chi connectivity index (χ0) is 18.7. The molecule has 0 radical (unpaired) electrons. The maximum Gasteiger partial charge on any atom is 0.255 e. The Morgan fingerprint density at radius 3 is 2.54 bits per heavy atom. The Balaban J connectivity index is 1.98. The normalized spacial score (nSPS) is 10.4. The van der Waals surface area contributed by atoms with E-state index in [4.69, 9.17) is 9.47 Å². The molecule has 0 aliphatic heterocycles. The number of nitrogens with zero attached hydrogens (tertiary/aromatic N) is 2. The quantitative estimate of drug-likeness (QED) is 0.730. The third kappa shape index (κ3) is 3.16. The molecule has 0 bridgehead atoms. The van der Waals surface area contributed by atoms with E-state index in [-0.39, 0.29) is 11.8 Å². The monoisotopic (exact) mass is 354 g/mol. The van der Waals surface area contributed by atoms with Gasteiger partial charge in [0.05, 0.1) is 19.9 Å². The molecule has 0 aliphatic carbocycles. The van der Waals surface area contributed by atoms with Gasteiger partial charge in [-0.3, -0.25) is 9.59 Å². The minimum atomic E-state index is -0.357. The molecule has 0 saturated heterocycles. The number of amides is 2. The van der Waals surface area contributed by atoms with Crippen molar-refractivity contribution in [1.29, 1.82) is 0 Å². The van der Waals surface area contributed by atoms with Gasteiger partial charge in [0.25, 0.3) is 11.8 Å². The number of methoxy groups -OCH3 is 2.